The van der Waals surface area contributed by atoms with E-state index in [2.05, 4.69) is 27.0 Å². The second-order valence-electron chi connectivity index (χ2n) is 6.79. The van der Waals surface area contributed by atoms with E-state index < -0.39 is 0 Å². The lowest BCUT2D eigenvalue weighted by atomic mass is 10.0. The Bertz CT molecular complexity index is 740. The molecule has 2 aliphatic heterocycles. The minimum atomic E-state index is 0.141. The molecule has 0 radical (unpaired) electrons. The number of hydrogen-bond acceptors (Lipinski definition) is 4. The van der Waals surface area contributed by atoms with E-state index in [1.54, 1.807) is 0 Å². The molecular formula is C17H23N5O. The first-order valence-corrected chi connectivity index (χ1v) is 8.48. The molecule has 2 saturated heterocycles. The van der Waals surface area contributed by atoms with E-state index in [4.69, 9.17) is 0 Å². The van der Waals surface area contributed by atoms with Crippen molar-refractivity contribution in [3.8, 4) is 0 Å². The number of carbonyl (C=O) groups is 1. The van der Waals surface area contributed by atoms with E-state index in [9.17, 15) is 4.79 Å². The summed E-state index contributed by atoms with van der Waals surface area (Å²) in [4.78, 5) is 17.6. The topological polar surface area (TPSA) is 53.7 Å². The molecule has 2 fully saturated rings. The van der Waals surface area contributed by atoms with Gasteiger partial charge in [0.05, 0.1) is 5.56 Å². The summed E-state index contributed by atoms with van der Waals surface area (Å²) in [6, 6.07) is 4.62. The fourth-order valence-corrected chi connectivity index (χ4v) is 4.16. The van der Waals surface area contributed by atoms with Crippen LogP contribution in [0.2, 0.25) is 0 Å². The molecule has 2 aliphatic rings. The molecule has 0 aliphatic carbocycles. The molecule has 1 amide bonds. The Kier molecular flexibility index (Phi) is 3.56. The number of rotatable bonds is 2. The zero-order valence-corrected chi connectivity index (χ0v) is 13.8. The third-order valence-corrected chi connectivity index (χ3v) is 5.40. The van der Waals surface area contributed by atoms with Gasteiger partial charge in [-0.15, -0.1) is 10.2 Å². The van der Waals surface area contributed by atoms with E-state index in [0.29, 0.717) is 12.1 Å². The second-order valence-corrected chi connectivity index (χ2v) is 6.79. The van der Waals surface area contributed by atoms with E-state index in [-0.39, 0.29) is 5.91 Å². The van der Waals surface area contributed by atoms with Gasteiger partial charge in [0, 0.05) is 24.8 Å². The van der Waals surface area contributed by atoms with Crippen molar-refractivity contribution in [2.24, 2.45) is 0 Å². The summed E-state index contributed by atoms with van der Waals surface area (Å²) in [5.41, 5.74) is 1.51. The van der Waals surface area contributed by atoms with Crippen molar-refractivity contribution in [1.82, 2.24) is 24.4 Å². The van der Waals surface area contributed by atoms with Gasteiger partial charge in [-0.2, -0.15) is 0 Å². The molecule has 23 heavy (non-hydrogen) atoms. The van der Waals surface area contributed by atoms with Crippen molar-refractivity contribution in [2.45, 2.75) is 44.7 Å². The zero-order valence-electron chi connectivity index (χ0n) is 13.8. The number of nitrogens with zero attached hydrogens (tertiary/aromatic N) is 5. The highest BCUT2D eigenvalue weighted by atomic mass is 16.2. The predicted molar refractivity (Wildman–Crippen MR) is 87.4 cm³/mol. The van der Waals surface area contributed by atoms with Gasteiger partial charge in [-0.1, -0.05) is 0 Å². The maximum Gasteiger partial charge on any atom is 0.255 e. The van der Waals surface area contributed by atoms with Crippen molar-refractivity contribution < 1.29 is 4.79 Å². The summed E-state index contributed by atoms with van der Waals surface area (Å²) in [7, 11) is 2.19. The number of carbonyl (C=O) groups excluding carboxylic acids is 1. The van der Waals surface area contributed by atoms with E-state index in [1.807, 2.05) is 29.7 Å². The molecule has 0 N–H and O–H groups in total. The van der Waals surface area contributed by atoms with Crippen molar-refractivity contribution in [2.75, 3.05) is 20.1 Å². The van der Waals surface area contributed by atoms with Crippen LogP contribution in [-0.2, 0) is 0 Å². The monoisotopic (exact) mass is 313 g/mol. The number of likely N-dealkylation sites (tertiary alicyclic amines) is 2. The molecule has 0 unspecified atom stereocenters. The largest absolute Gasteiger partial charge is 0.334 e. The SMILES string of the molecule is Cc1nnc2ccc(C(=O)N3CCC[C@@H]3[C@@H]3CCCN3C)cn12. The molecule has 6 heteroatoms. The van der Waals surface area contributed by atoms with E-state index in [1.165, 1.54) is 12.8 Å². The Morgan fingerprint density at radius 3 is 2.70 bits per heavy atom. The molecule has 2 aromatic rings. The molecule has 0 bridgehead atoms. The van der Waals surface area contributed by atoms with Gasteiger partial charge < -0.3 is 9.80 Å². The summed E-state index contributed by atoms with van der Waals surface area (Å²) in [5.74, 6) is 0.950. The Balaban J connectivity index is 1.62. The fraction of sp³-hybridized carbons (Fsp3) is 0.588. The number of amides is 1. The number of likely N-dealkylation sites (N-methyl/N-ethyl adjacent to an activating group) is 1. The first-order chi connectivity index (χ1) is 11.1. The third-order valence-electron chi connectivity index (χ3n) is 5.40. The first kappa shape index (κ1) is 14.6. The van der Waals surface area contributed by atoms with Gasteiger partial charge in [0.2, 0.25) is 0 Å². The summed E-state index contributed by atoms with van der Waals surface area (Å²) < 4.78 is 1.89. The number of fused-ring (bicyclic) bond motifs is 1. The molecule has 4 rings (SSSR count). The van der Waals surface area contributed by atoms with Gasteiger partial charge in [0.25, 0.3) is 5.91 Å². The smallest absolute Gasteiger partial charge is 0.255 e. The van der Waals surface area contributed by atoms with Gasteiger partial charge in [0.1, 0.15) is 5.82 Å². The van der Waals surface area contributed by atoms with Crippen molar-refractivity contribution in [3.05, 3.63) is 29.7 Å². The van der Waals surface area contributed by atoms with Gasteiger partial charge in [-0.3, -0.25) is 9.20 Å². The maximum absolute atomic E-state index is 13.1. The van der Waals surface area contributed by atoms with Crippen LogP contribution in [0.1, 0.15) is 41.9 Å². The van der Waals surface area contributed by atoms with E-state index >= 15 is 0 Å². The number of aryl methyl sites for hydroxylation is 1. The maximum atomic E-state index is 13.1. The molecule has 4 heterocycles. The second kappa shape index (κ2) is 5.60. The third kappa shape index (κ3) is 2.41. The quantitative estimate of drug-likeness (QED) is 0.847. The molecular weight excluding hydrogens is 290 g/mol. The Morgan fingerprint density at radius 1 is 1.13 bits per heavy atom. The van der Waals surface area contributed by atoms with Crippen LogP contribution in [0.15, 0.2) is 18.3 Å². The van der Waals surface area contributed by atoms with Gasteiger partial charge in [0.15, 0.2) is 5.65 Å². The van der Waals surface area contributed by atoms with Crippen LogP contribution >= 0.6 is 0 Å². The Labute approximate surface area is 136 Å². The van der Waals surface area contributed by atoms with Crippen LogP contribution in [0.5, 0.6) is 0 Å². The average Bonchev–Trinajstić information content (AvgIpc) is 3.26. The predicted octanol–water partition coefficient (Wildman–Crippen LogP) is 1.74. The molecule has 0 aromatic carbocycles. The van der Waals surface area contributed by atoms with Crippen LogP contribution < -0.4 is 0 Å². The number of aromatic nitrogens is 3. The first-order valence-electron chi connectivity index (χ1n) is 8.48. The van der Waals surface area contributed by atoms with Gasteiger partial charge >= 0.3 is 0 Å². The van der Waals surface area contributed by atoms with Crippen LogP contribution in [-0.4, -0.2) is 62.5 Å². The lowest BCUT2D eigenvalue weighted by Crippen LogP contribution is -2.47. The molecule has 6 nitrogen and oxygen atoms in total. The minimum Gasteiger partial charge on any atom is -0.334 e. The zero-order chi connectivity index (χ0) is 16.0. The summed E-state index contributed by atoms with van der Waals surface area (Å²) in [6.45, 7) is 3.92. The standard InChI is InChI=1S/C17H23N5O/c1-12-18-19-16-8-7-13(11-22(12)16)17(23)21-10-4-6-15(21)14-5-3-9-20(14)2/h7-8,11,14-15H,3-6,9-10H2,1-2H3/t14-,15+/m0/s1. The van der Waals surface area contributed by atoms with Crippen molar-refractivity contribution in [1.29, 1.82) is 0 Å². The number of pyridine rings is 1. The fourth-order valence-electron chi connectivity index (χ4n) is 4.16. The van der Waals surface area contributed by atoms with Gasteiger partial charge in [-0.05, 0) is 58.3 Å². The molecule has 2 aromatic heterocycles. The van der Waals surface area contributed by atoms with Crippen LogP contribution in [0, 0.1) is 6.92 Å². The molecule has 0 saturated carbocycles. The Hall–Kier alpha value is -1.95. The van der Waals surface area contributed by atoms with Crippen LogP contribution in [0.25, 0.3) is 5.65 Å². The lowest BCUT2D eigenvalue weighted by molar-refractivity contribution is 0.0664. The highest BCUT2D eigenvalue weighted by molar-refractivity contribution is 5.94. The summed E-state index contributed by atoms with van der Waals surface area (Å²) >= 11 is 0. The van der Waals surface area contributed by atoms with Crippen LogP contribution in [0.3, 0.4) is 0 Å². The van der Waals surface area contributed by atoms with Crippen molar-refractivity contribution in [3.63, 3.8) is 0 Å². The van der Waals surface area contributed by atoms with Crippen molar-refractivity contribution >= 4 is 11.6 Å². The Morgan fingerprint density at radius 2 is 1.91 bits per heavy atom. The lowest BCUT2D eigenvalue weighted by Gasteiger charge is -2.33. The molecule has 2 atom stereocenters. The highest BCUT2D eigenvalue weighted by Crippen LogP contribution is 2.30. The summed E-state index contributed by atoms with van der Waals surface area (Å²) in [6.07, 6.45) is 6.55. The average molecular weight is 313 g/mol. The highest BCUT2D eigenvalue weighted by Gasteiger charge is 2.38. The van der Waals surface area contributed by atoms with Crippen LogP contribution in [0.4, 0.5) is 0 Å². The normalized spacial score (nSPS) is 25.6. The number of hydrogen-bond donors (Lipinski definition) is 0. The molecule has 0 spiro atoms. The summed E-state index contributed by atoms with van der Waals surface area (Å²) in [5, 5.41) is 8.15. The van der Waals surface area contributed by atoms with E-state index in [0.717, 1.165) is 43.0 Å². The minimum absolute atomic E-state index is 0.141. The molecule has 122 valence electrons. The van der Waals surface area contributed by atoms with Gasteiger partial charge in [-0.25, -0.2) is 0 Å².